The largest absolute Gasteiger partial charge is 0.496 e. The van der Waals surface area contributed by atoms with E-state index in [0.29, 0.717) is 12.0 Å². The lowest BCUT2D eigenvalue weighted by Crippen LogP contribution is -2.04. The van der Waals surface area contributed by atoms with E-state index in [1.54, 1.807) is 7.11 Å². The van der Waals surface area contributed by atoms with Gasteiger partial charge in [0.15, 0.2) is 5.78 Å². The second-order valence-corrected chi connectivity index (χ2v) is 5.06. The molecule has 1 heterocycles. The molecule has 0 radical (unpaired) electrons. The van der Waals surface area contributed by atoms with E-state index in [4.69, 9.17) is 9.15 Å². The molecule has 0 fully saturated rings. The SMILES string of the molecule is COc1ccc(C)cc1CC(=O)c1coc2ccccc12. The quantitative estimate of drug-likeness (QED) is 0.673. The van der Waals surface area contributed by atoms with Crippen molar-refractivity contribution in [1.82, 2.24) is 0 Å². The zero-order valence-electron chi connectivity index (χ0n) is 12.1. The van der Waals surface area contributed by atoms with Gasteiger partial charge >= 0.3 is 0 Å². The van der Waals surface area contributed by atoms with Crippen molar-refractivity contribution in [2.24, 2.45) is 0 Å². The number of carbonyl (C=O) groups is 1. The molecule has 106 valence electrons. The molecule has 0 spiro atoms. The number of ketones is 1. The molecule has 2 aromatic carbocycles. The van der Waals surface area contributed by atoms with Crippen LogP contribution in [0.5, 0.6) is 5.75 Å². The predicted octanol–water partition coefficient (Wildman–Crippen LogP) is 4.18. The fraction of sp³-hybridized carbons (Fsp3) is 0.167. The molecule has 21 heavy (non-hydrogen) atoms. The van der Waals surface area contributed by atoms with Gasteiger partial charge in [0.1, 0.15) is 17.6 Å². The lowest BCUT2D eigenvalue weighted by atomic mass is 10.0. The third kappa shape index (κ3) is 2.55. The summed E-state index contributed by atoms with van der Waals surface area (Å²) < 4.78 is 10.8. The van der Waals surface area contributed by atoms with E-state index in [1.165, 1.54) is 6.26 Å². The highest BCUT2D eigenvalue weighted by Gasteiger charge is 2.16. The molecule has 0 N–H and O–H groups in total. The molecule has 0 saturated carbocycles. The van der Waals surface area contributed by atoms with Crippen molar-refractivity contribution in [3.8, 4) is 5.75 Å². The molecule has 0 saturated heterocycles. The van der Waals surface area contributed by atoms with Crippen LogP contribution in [0.1, 0.15) is 21.5 Å². The summed E-state index contributed by atoms with van der Waals surface area (Å²) in [7, 11) is 1.62. The summed E-state index contributed by atoms with van der Waals surface area (Å²) in [6.07, 6.45) is 1.84. The van der Waals surface area contributed by atoms with Crippen molar-refractivity contribution in [1.29, 1.82) is 0 Å². The molecule has 0 unspecified atom stereocenters. The first-order valence-corrected chi connectivity index (χ1v) is 6.82. The Labute approximate surface area is 123 Å². The first-order valence-electron chi connectivity index (χ1n) is 6.82. The van der Waals surface area contributed by atoms with E-state index in [1.807, 2.05) is 49.4 Å². The number of fused-ring (bicyclic) bond motifs is 1. The fourth-order valence-corrected chi connectivity index (χ4v) is 2.51. The third-order valence-corrected chi connectivity index (χ3v) is 3.57. The van der Waals surface area contributed by atoms with Gasteiger partial charge in [0.05, 0.1) is 12.7 Å². The average Bonchev–Trinajstić information content (AvgIpc) is 2.91. The van der Waals surface area contributed by atoms with E-state index in [0.717, 1.165) is 27.8 Å². The van der Waals surface area contributed by atoms with Crippen LogP contribution in [0, 0.1) is 6.92 Å². The van der Waals surface area contributed by atoms with Gasteiger partial charge in [0, 0.05) is 17.4 Å². The zero-order chi connectivity index (χ0) is 14.8. The Morgan fingerprint density at radius 2 is 2.00 bits per heavy atom. The fourth-order valence-electron chi connectivity index (χ4n) is 2.51. The number of para-hydroxylation sites is 1. The smallest absolute Gasteiger partial charge is 0.171 e. The number of rotatable bonds is 4. The summed E-state index contributed by atoms with van der Waals surface area (Å²) in [6, 6.07) is 13.4. The first kappa shape index (κ1) is 13.4. The summed E-state index contributed by atoms with van der Waals surface area (Å²) in [4.78, 5) is 12.6. The van der Waals surface area contributed by atoms with Crippen LogP contribution < -0.4 is 4.74 Å². The molecule has 0 aliphatic heterocycles. The number of hydrogen-bond donors (Lipinski definition) is 0. The standard InChI is InChI=1S/C18H16O3/c1-12-7-8-17(20-2)13(9-12)10-16(19)15-11-21-18-6-4-3-5-14(15)18/h3-9,11H,10H2,1-2H3. The Bertz CT molecular complexity index is 799. The van der Waals surface area contributed by atoms with Crippen LogP contribution in [0.25, 0.3) is 11.0 Å². The molecule has 0 atom stereocenters. The van der Waals surface area contributed by atoms with E-state index < -0.39 is 0 Å². The number of Topliss-reactive ketones (excluding diaryl/α,β-unsaturated/α-hetero) is 1. The van der Waals surface area contributed by atoms with Crippen LogP contribution in [0.15, 0.2) is 53.1 Å². The Morgan fingerprint density at radius 1 is 1.19 bits per heavy atom. The van der Waals surface area contributed by atoms with Gasteiger partial charge in [-0.3, -0.25) is 4.79 Å². The van der Waals surface area contributed by atoms with Crippen LogP contribution in [0.2, 0.25) is 0 Å². The number of aryl methyl sites for hydroxylation is 1. The summed E-state index contributed by atoms with van der Waals surface area (Å²) in [6.45, 7) is 2.00. The van der Waals surface area contributed by atoms with Gasteiger partial charge in [0.2, 0.25) is 0 Å². The monoisotopic (exact) mass is 280 g/mol. The minimum Gasteiger partial charge on any atom is -0.496 e. The Kier molecular flexibility index (Phi) is 3.48. The van der Waals surface area contributed by atoms with Crippen LogP contribution in [0.3, 0.4) is 0 Å². The van der Waals surface area contributed by atoms with Gasteiger partial charge in [0.25, 0.3) is 0 Å². The molecular weight excluding hydrogens is 264 g/mol. The Balaban J connectivity index is 1.95. The van der Waals surface area contributed by atoms with Crippen molar-refractivity contribution in [3.63, 3.8) is 0 Å². The lowest BCUT2D eigenvalue weighted by Gasteiger charge is -2.08. The first-order chi connectivity index (χ1) is 10.2. The zero-order valence-corrected chi connectivity index (χ0v) is 12.1. The van der Waals surface area contributed by atoms with Crippen LogP contribution in [-0.4, -0.2) is 12.9 Å². The molecule has 3 nitrogen and oxygen atoms in total. The molecule has 0 aliphatic carbocycles. The maximum absolute atomic E-state index is 12.6. The van der Waals surface area contributed by atoms with E-state index in [-0.39, 0.29) is 5.78 Å². The summed E-state index contributed by atoms with van der Waals surface area (Å²) in [5.74, 6) is 0.769. The number of hydrogen-bond acceptors (Lipinski definition) is 3. The highest BCUT2D eigenvalue weighted by molar-refractivity contribution is 6.08. The average molecular weight is 280 g/mol. The minimum absolute atomic E-state index is 0.0313. The van der Waals surface area contributed by atoms with Gasteiger partial charge in [-0.15, -0.1) is 0 Å². The predicted molar refractivity (Wildman–Crippen MR) is 82.0 cm³/mol. The van der Waals surface area contributed by atoms with Gasteiger partial charge in [-0.05, 0) is 19.1 Å². The normalized spacial score (nSPS) is 10.8. The minimum atomic E-state index is 0.0313. The summed E-state index contributed by atoms with van der Waals surface area (Å²) >= 11 is 0. The van der Waals surface area contributed by atoms with Crippen LogP contribution in [0.4, 0.5) is 0 Å². The van der Waals surface area contributed by atoms with Crippen molar-refractivity contribution in [2.75, 3.05) is 7.11 Å². The number of carbonyl (C=O) groups excluding carboxylic acids is 1. The molecule has 3 aromatic rings. The van der Waals surface area contributed by atoms with Crippen molar-refractivity contribution in [2.45, 2.75) is 13.3 Å². The third-order valence-electron chi connectivity index (χ3n) is 3.57. The van der Waals surface area contributed by atoms with Gasteiger partial charge in [-0.25, -0.2) is 0 Å². The van der Waals surface area contributed by atoms with Crippen molar-refractivity contribution < 1.29 is 13.9 Å². The van der Waals surface area contributed by atoms with E-state index in [2.05, 4.69) is 0 Å². The van der Waals surface area contributed by atoms with Gasteiger partial charge < -0.3 is 9.15 Å². The topological polar surface area (TPSA) is 39.4 Å². The molecule has 3 heteroatoms. The number of methoxy groups -OCH3 is 1. The van der Waals surface area contributed by atoms with Crippen LogP contribution >= 0.6 is 0 Å². The highest BCUT2D eigenvalue weighted by Crippen LogP contribution is 2.25. The number of furan rings is 1. The summed E-state index contributed by atoms with van der Waals surface area (Å²) in [5.41, 5.74) is 3.36. The Morgan fingerprint density at radius 3 is 2.81 bits per heavy atom. The summed E-state index contributed by atoms with van der Waals surface area (Å²) in [5, 5.41) is 0.856. The van der Waals surface area contributed by atoms with E-state index >= 15 is 0 Å². The lowest BCUT2D eigenvalue weighted by molar-refractivity contribution is 0.0993. The highest BCUT2D eigenvalue weighted by atomic mass is 16.5. The van der Waals surface area contributed by atoms with E-state index in [9.17, 15) is 4.79 Å². The van der Waals surface area contributed by atoms with Gasteiger partial charge in [-0.2, -0.15) is 0 Å². The van der Waals surface area contributed by atoms with Crippen molar-refractivity contribution >= 4 is 16.8 Å². The molecule has 1 aromatic heterocycles. The maximum atomic E-state index is 12.6. The molecule has 3 rings (SSSR count). The number of ether oxygens (including phenoxy) is 1. The molecule has 0 aliphatic rings. The molecular formula is C18H16O3. The molecule has 0 bridgehead atoms. The van der Waals surface area contributed by atoms with Gasteiger partial charge in [-0.1, -0.05) is 35.9 Å². The second-order valence-electron chi connectivity index (χ2n) is 5.06. The second kappa shape index (κ2) is 5.44. The number of benzene rings is 2. The van der Waals surface area contributed by atoms with Crippen molar-refractivity contribution in [3.05, 3.63) is 65.4 Å². The van der Waals surface area contributed by atoms with Crippen LogP contribution in [-0.2, 0) is 6.42 Å². The Hall–Kier alpha value is -2.55. The molecule has 0 amide bonds. The maximum Gasteiger partial charge on any atom is 0.171 e.